The predicted molar refractivity (Wildman–Crippen MR) is 95.9 cm³/mol. The lowest BCUT2D eigenvalue weighted by molar-refractivity contribution is -0.185. The van der Waals surface area contributed by atoms with Crippen LogP contribution in [0.5, 0.6) is 0 Å². The fourth-order valence-corrected chi connectivity index (χ4v) is 6.35. The van der Waals surface area contributed by atoms with E-state index in [0.29, 0.717) is 11.3 Å². The average Bonchev–Trinajstić information content (AvgIpc) is 3.31. The number of nitrogens with zero attached hydrogens (tertiary/aromatic N) is 1. The molecule has 6 rings (SSSR count). The van der Waals surface area contributed by atoms with E-state index in [4.69, 9.17) is 9.31 Å². The van der Waals surface area contributed by atoms with Gasteiger partial charge in [-0.25, -0.2) is 0 Å². The number of hydrogen-bond donors (Lipinski definition) is 1. The second-order valence-electron chi connectivity index (χ2n) is 9.81. The van der Waals surface area contributed by atoms with Gasteiger partial charge in [0.2, 0.25) is 5.91 Å². The fraction of sp³-hybridized carbons (Fsp3) is 0.947. The number of nitrogens with one attached hydrogen (secondary N) is 1. The van der Waals surface area contributed by atoms with E-state index in [9.17, 15) is 4.79 Å². The lowest BCUT2D eigenvalue weighted by Gasteiger charge is -2.63. The third-order valence-electron chi connectivity index (χ3n) is 8.09. The zero-order valence-corrected chi connectivity index (χ0v) is 15.8. The van der Waals surface area contributed by atoms with Crippen molar-refractivity contribution in [1.29, 1.82) is 0 Å². The van der Waals surface area contributed by atoms with E-state index >= 15 is 0 Å². The fourth-order valence-electron chi connectivity index (χ4n) is 6.35. The summed E-state index contributed by atoms with van der Waals surface area (Å²) in [6.07, 6.45) is 6.70. The molecule has 6 atom stereocenters. The highest BCUT2D eigenvalue weighted by Gasteiger charge is 2.67. The van der Waals surface area contributed by atoms with E-state index < -0.39 is 0 Å². The van der Waals surface area contributed by atoms with Crippen LogP contribution in [0, 0.1) is 17.3 Å². The summed E-state index contributed by atoms with van der Waals surface area (Å²) in [7, 11) is -0.238. The monoisotopic (exact) mass is 346 g/mol. The van der Waals surface area contributed by atoms with Crippen LogP contribution in [-0.2, 0) is 14.1 Å². The molecule has 5 nitrogen and oxygen atoms in total. The Hall–Kier alpha value is -0.585. The maximum absolute atomic E-state index is 12.9. The normalized spacial score (nSPS) is 47.7. The third kappa shape index (κ3) is 2.29. The minimum atomic E-state index is -0.238. The van der Waals surface area contributed by atoms with Crippen LogP contribution in [0.2, 0.25) is 0 Å². The van der Waals surface area contributed by atoms with Crippen molar-refractivity contribution >= 4 is 13.0 Å². The van der Waals surface area contributed by atoms with Gasteiger partial charge in [0, 0.05) is 6.54 Å². The van der Waals surface area contributed by atoms with Gasteiger partial charge in [0.15, 0.2) is 0 Å². The number of likely N-dealkylation sites (tertiary alicyclic amines) is 1. The first-order valence-corrected chi connectivity index (χ1v) is 10.3. The van der Waals surface area contributed by atoms with Crippen molar-refractivity contribution in [3.05, 3.63) is 0 Å². The van der Waals surface area contributed by atoms with Gasteiger partial charge in [-0.05, 0) is 69.2 Å². The van der Waals surface area contributed by atoms with E-state index in [1.54, 1.807) is 0 Å². The minimum Gasteiger partial charge on any atom is -0.404 e. The van der Waals surface area contributed by atoms with Crippen LogP contribution in [0.4, 0.5) is 0 Å². The summed E-state index contributed by atoms with van der Waals surface area (Å²) < 4.78 is 13.1. The maximum atomic E-state index is 12.9. The summed E-state index contributed by atoms with van der Waals surface area (Å²) in [5, 5.41) is 3.35. The lowest BCUT2D eigenvalue weighted by Crippen LogP contribution is -2.63. The van der Waals surface area contributed by atoms with Gasteiger partial charge in [-0.2, -0.15) is 0 Å². The van der Waals surface area contributed by atoms with Crippen LogP contribution in [-0.4, -0.2) is 54.7 Å². The Kier molecular flexibility index (Phi) is 3.62. The van der Waals surface area contributed by atoms with Gasteiger partial charge in [-0.1, -0.05) is 13.8 Å². The summed E-state index contributed by atoms with van der Waals surface area (Å²) in [6.45, 7) is 8.83. The van der Waals surface area contributed by atoms with Gasteiger partial charge in [0.25, 0.3) is 0 Å². The molecule has 0 radical (unpaired) electrons. The zero-order valence-electron chi connectivity index (χ0n) is 15.8. The second kappa shape index (κ2) is 5.46. The highest BCUT2D eigenvalue weighted by atomic mass is 16.7. The van der Waals surface area contributed by atoms with Gasteiger partial charge in [-0.15, -0.1) is 0 Å². The van der Waals surface area contributed by atoms with Crippen molar-refractivity contribution in [2.24, 2.45) is 17.3 Å². The number of carbonyl (C=O) groups excluding carboxylic acids is 1. The molecule has 3 saturated carbocycles. The number of carbonyl (C=O) groups is 1. The molecule has 0 spiro atoms. The zero-order chi connectivity index (χ0) is 17.4. The standard InChI is InChI=1S/C19H31BN2O3/c1-18(2)12-10-13(18)16-19(3,11-12)25-20(24-16)15-7-5-9-22(15)17(23)14-6-4-8-21-14/h12-16,21H,4-11H2,1-3H3/t12?,13?,14-,15-,16?,19?/m0/s1. The van der Waals surface area contributed by atoms with Crippen LogP contribution in [0.1, 0.15) is 59.3 Å². The Labute approximate surface area is 151 Å². The van der Waals surface area contributed by atoms with Crippen molar-refractivity contribution in [2.75, 3.05) is 13.1 Å². The van der Waals surface area contributed by atoms with E-state index in [2.05, 4.69) is 31.0 Å². The molecule has 4 unspecified atom stereocenters. The van der Waals surface area contributed by atoms with Crippen LogP contribution < -0.4 is 5.32 Å². The first kappa shape index (κ1) is 16.6. The Balaban J connectivity index is 1.33. The van der Waals surface area contributed by atoms with Crippen LogP contribution in [0.15, 0.2) is 0 Å². The smallest absolute Gasteiger partial charge is 0.404 e. The molecule has 0 aromatic carbocycles. The van der Waals surface area contributed by atoms with E-state index in [1.165, 1.54) is 6.42 Å². The minimum absolute atomic E-state index is 0.00612. The molecule has 6 aliphatic rings. The maximum Gasteiger partial charge on any atom is 0.481 e. The average molecular weight is 346 g/mol. The largest absolute Gasteiger partial charge is 0.481 e. The Morgan fingerprint density at radius 1 is 1.24 bits per heavy atom. The molecule has 0 aromatic rings. The highest BCUT2D eigenvalue weighted by Crippen LogP contribution is 2.64. The highest BCUT2D eigenvalue weighted by molar-refractivity contribution is 6.48. The van der Waals surface area contributed by atoms with Crippen molar-refractivity contribution < 1.29 is 14.1 Å². The van der Waals surface area contributed by atoms with Gasteiger partial charge in [-0.3, -0.25) is 4.79 Å². The summed E-state index contributed by atoms with van der Waals surface area (Å²) in [5.41, 5.74) is 0.220. The Morgan fingerprint density at radius 2 is 2.08 bits per heavy atom. The summed E-state index contributed by atoms with van der Waals surface area (Å²) in [4.78, 5) is 15.0. The molecule has 1 N–H and O–H groups in total. The van der Waals surface area contributed by atoms with Crippen LogP contribution in [0.3, 0.4) is 0 Å². The molecule has 3 saturated heterocycles. The third-order valence-corrected chi connectivity index (χ3v) is 8.09. The van der Waals surface area contributed by atoms with Crippen molar-refractivity contribution in [2.45, 2.75) is 83.0 Å². The lowest BCUT2D eigenvalue weighted by atomic mass is 9.45. The molecule has 1 amide bonds. The SMILES string of the molecule is CC12CC3CC(C1OB([C@@H]1CCCN1C(=O)[C@@H]1CCCN1)O2)C3(C)C. The topological polar surface area (TPSA) is 50.8 Å². The summed E-state index contributed by atoms with van der Waals surface area (Å²) >= 11 is 0. The summed E-state index contributed by atoms with van der Waals surface area (Å²) in [5.74, 6) is 1.71. The van der Waals surface area contributed by atoms with Crippen LogP contribution >= 0.6 is 0 Å². The molecule has 0 aromatic heterocycles. The second-order valence-corrected chi connectivity index (χ2v) is 9.81. The van der Waals surface area contributed by atoms with E-state index in [1.807, 2.05) is 0 Å². The molecule has 6 heteroatoms. The number of hydrogen-bond acceptors (Lipinski definition) is 4. The molecule has 138 valence electrons. The molecule has 6 fully saturated rings. The van der Waals surface area contributed by atoms with Gasteiger partial charge in [0.1, 0.15) is 0 Å². The molecule has 25 heavy (non-hydrogen) atoms. The number of amides is 1. The van der Waals surface area contributed by atoms with E-state index in [0.717, 1.165) is 51.1 Å². The van der Waals surface area contributed by atoms with Crippen molar-refractivity contribution in [1.82, 2.24) is 10.2 Å². The number of rotatable bonds is 2. The van der Waals surface area contributed by atoms with Gasteiger partial charge in [0.05, 0.1) is 23.7 Å². The van der Waals surface area contributed by atoms with Gasteiger partial charge >= 0.3 is 7.12 Å². The Bertz CT molecular complexity index is 579. The first-order valence-electron chi connectivity index (χ1n) is 10.3. The van der Waals surface area contributed by atoms with Crippen LogP contribution in [0.25, 0.3) is 0 Å². The molecule has 3 heterocycles. The Morgan fingerprint density at radius 3 is 2.80 bits per heavy atom. The van der Waals surface area contributed by atoms with Crippen molar-refractivity contribution in [3.63, 3.8) is 0 Å². The quantitative estimate of drug-likeness (QED) is 0.777. The summed E-state index contributed by atoms with van der Waals surface area (Å²) in [6, 6.07) is 0.00612. The van der Waals surface area contributed by atoms with Gasteiger partial charge < -0.3 is 19.5 Å². The first-order chi connectivity index (χ1) is 11.9. The molecular formula is C19H31BN2O3. The molecule has 2 bridgehead atoms. The van der Waals surface area contributed by atoms with E-state index in [-0.39, 0.29) is 36.7 Å². The molecular weight excluding hydrogens is 315 g/mol. The predicted octanol–water partition coefficient (Wildman–Crippen LogP) is 2.00. The molecule has 3 aliphatic heterocycles. The molecule has 3 aliphatic carbocycles. The van der Waals surface area contributed by atoms with Crippen molar-refractivity contribution in [3.8, 4) is 0 Å².